The molecule has 0 saturated heterocycles. The summed E-state index contributed by atoms with van der Waals surface area (Å²) in [5.41, 5.74) is 2.13. The van der Waals surface area contributed by atoms with E-state index in [9.17, 15) is 9.59 Å². The van der Waals surface area contributed by atoms with E-state index in [1.54, 1.807) is 0 Å². The predicted octanol–water partition coefficient (Wildman–Crippen LogP) is 1.21. The Morgan fingerprint density at radius 1 is 1.27 bits per heavy atom. The lowest BCUT2D eigenvalue weighted by molar-refractivity contribution is -0.146. The van der Waals surface area contributed by atoms with Crippen molar-refractivity contribution in [3.63, 3.8) is 0 Å². The van der Waals surface area contributed by atoms with Crippen molar-refractivity contribution in [3.8, 4) is 0 Å². The van der Waals surface area contributed by atoms with Crippen LogP contribution in [0.2, 0.25) is 0 Å². The van der Waals surface area contributed by atoms with Gasteiger partial charge in [-0.25, -0.2) is 4.79 Å². The van der Waals surface area contributed by atoms with E-state index < -0.39 is 12.0 Å². The molecule has 1 aromatic carbocycles. The topological polar surface area (TPSA) is 61.9 Å². The molecule has 1 N–H and O–H groups in total. The predicted molar refractivity (Wildman–Crippen MR) is 85.8 cm³/mol. The fourth-order valence-corrected chi connectivity index (χ4v) is 2.62. The Morgan fingerprint density at radius 2 is 1.91 bits per heavy atom. The van der Waals surface area contributed by atoms with Crippen LogP contribution in [0.15, 0.2) is 24.3 Å². The van der Waals surface area contributed by atoms with Gasteiger partial charge in [0.1, 0.15) is 6.04 Å². The third-order valence-corrected chi connectivity index (χ3v) is 3.79. The van der Waals surface area contributed by atoms with Crippen LogP contribution in [-0.4, -0.2) is 45.3 Å². The summed E-state index contributed by atoms with van der Waals surface area (Å²) in [5.74, 6) is -0.624. The number of hydrogen-bond acceptors (Lipinski definition) is 5. The molecule has 22 heavy (non-hydrogen) atoms. The summed E-state index contributed by atoms with van der Waals surface area (Å²) in [6, 6.07) is 7.33. The maximum Gasteiger partial charge on any atom is 0.328 e. The van der Waals surface area contributed by atoms with Gasteiger partial charge in [0.25, 0.3) is 0 Å². The van der Waals surface area contributed by atoms with Crippen molar-refractivity contribution in [2.24, 2.45) is 5.92 Å². The molecule has 1 aliphatic heterocycles. The second-order valence-electron chi connectivity index (χ2n) is 5.84. The standard InChI is InChI=1S/C16H23N3O3/c1-11(2)15(16(21)22-4)17-14(20)9-19-10-18(3)12-7-5-6-8-13(12)19/h5-8,11,15H,9-10H2,1-4H3,(H,17,20). The molecule has 0 fully saturated rings. The second kappa shape index (κ2) is 6.68. The van der Waals surface area contributed by atoms with Crippen LogP contribution >= 0.6 is 0 Å². The van der Waals surface area contributed by atoms with Crippen LogP contribution in [0.25, 0.3) is 0 Å². The molecule has 0 radical (unpaired) electrons. The largest absolute Gasteiger partial charge is 0.467 e. The maximum atomic E-state index is 12.3. The van der Waals surface area contributed by atoms with Crippen LogP contribution in [0.1, 0.15) is 13.8 Å². The number of methoxy groups -OCH3 is 1. The number of nitrogens with one attached hydrogen (secondary N) is 1. The normalized spacial score (nSPS) is 14.8. The van der Waals surface area contributed by atoms with Crippen LogP contribution in [0, 0.1) is 5.92 Å². The van der Waals surface area contributed by atoms with Crippen LogP contribution < -0.4 is 15.1 Å². The Morgan fingerprint density at radius 3 is 2.50 bits per heavy atom. The summed E-state index contributed by atoms with van der Waals surface area (Å²) < 4.78 is 4.74. The number of anilines is 2. The van der Waals surface area contributed by atoms with Gasteiger partial charge >= 0.3 is 5.97 Å². The molecular formula is C16H23N3O3. The van der Waals surface area contributed by atoms with Crippen LogP contribution in [0.3, 0.4) is 0 Å². The molecule has 6 nitrogen and oxygen atoms in total. The fraction of sp³-hybridized carbons (Fsp3) is 0.500. The Hall–Kier alpha value is -2.24. The van der Waals surface area contributed by atoms with Crippen LogP contribution in [0.4, 0.5) is 11.4 Å². The van der Waals surface area contributed by atoms with E-state index in [1.165, 1.54) is 7.11 Å². The van der Waals surface area contributed by atoms with Crippen molar-refractivity contribution in [1.29, 1.82) is 0 Å². The zero-order valence-corrected chi connectivity index (χ0v) is 13.5. The van der Waals surface area contributed by atoms with E-state index in [0.29, 0.717) is 6.67 Å². The molecule has 0 aliphatic carbocycles. The fourth-order valence-electron chi connectivity index (χ4n) is 2.62. The van der Waals surface area contributed by atoms with E-state index in [4.69, 9.17) is 4.74 Å². The molecule has 1 heterocycles. The highest BCUT2D eigenvalue weighted by Gasteiger charge is 2.28. The van der Waals surface area contributed by atoms with Crippen molar-refractivity contribution >= 4 is 23.3 Å². The zero-order chi connectivity index (χ0) is 16.3. The average Bonchev–Trinajstić information content (AvgIpc) is 2.80. The van der Waals surface area contributed by atoms with E-state index in [0.717, 1.165) is 11.4 Å². The van der Waals surface area contributed by atoms with Gasteiger partial charge in [0.05, 0.1) is 31.7 Å². The van der Waals surface area contributed by atoms with Crippen LogP contribution in [0.5, 0.6) is 0 Å². The lowest BCUT2D eigenvalue weighted by atomic mass is 10.0. The number of esters is 1. The highest BCUT2D eigenvalue weighted by atomic mass is 16.5. The van der Waals surface area contributed by atoms with E-state index in [1.807, 2.05) is 50.1 Å². The summed E-state index contributed by atoms with van der Waals surface area (Å²) in [5, 5.41) is 2.77. The number of para-hydroxylation sites is 2. The molecule has 0 bridgehead atoms. The van der Waals surface area contributed by atoms with Gasteiger partial charge in [-0.3, -0.25) is 4.79 Å². The van der Waals surface area contributed by atoms with E-state index in [2.05, 4.69) is 10.2 Å². The first-order valence-corrected chi connectivity index (χ1v) is 7.36. The second-order valence-corrected chi connectivity index (χ2v) is 5.84. The zero-order valence-electron chi connectivity index (χ0n) is 13.5. The monoisotopic (exact) mass is 305 g/mol. The van der Waals surface area contributed by atoms with Gasteiger partial charge in [0, 0.05) is 7.05 Å². The Labute approximate surface area is 131 Å². The van der Waals surface area contributed by atoms with Gasteiger partial charge in [0.15, 0.2) is 0 Å². The maximum absolute atomic E-state index is 12.3. The van der Waals surface area contributed by atoms with Gasteiger partial charge in [-0.05, 0) is 18.1 Å². The van der Waals surface area contributed by atoms with Gasteiger partial charge in [-0.15, -0.1) is 0 Å². The van der Waals surface area contributed by atoms with Crippen molar-refractivity contribution in [2.75, 3.05) is 37.2 Å². The molecular weight excluding hydrogens is 282 g/mol. The molecule has 0 saturated carbocycles. The number of carbonyl (C=O) groups is 2. The Bertz CT molecular complexity index is 559. The van der Waals surface area contributed by atoms with Gasteiger partial charge in [-0.2, -0.15) is 0 Å². The molecule has 6 heteroatoms. The third kappa shape index (κ3) is 3.32. The Balaban J connectivity index is 2.02. The molecule has 1 unspecified atom stereocenters. The van der Waals surface area contributed by atoms with Crippen molar-refractivity contribution in [3.05, 3.63) is 24.3 Å². The number of benzene rings is 1. The van der Waals surface area contributed by atoms with Gasteiger partial charge in [-0.1, -0.05) is 26.0 Å². The number of rotatable bonds is 5. The van der Waals surface area contributed by atoms with Crippen molar-refractivity contribution in [2.45, 2.75) is 19.9 Å². The van der Waals surface area contributed by atoms with Gasteiger partial charge < -0.3 is 19.9 Å². The minimum absolute atomic E-state index is 0.0232. The van der Waals surface area contributed by atoms with Crippen molar-refractivity contribution < 1.29 is 14.3 Å². The molecule has 1 amide bonds. The molecule has 1 atom stereocenters. The molecule has 0 aromatic heterocycles. The lowest BCUT2D eigenvalue weighted by Crippen LogP contribution is -2.48. The van der Waals surface area contributed by atoms with E-state index in [-0.39, 0.29) is 18.4 Å². The SMILES string of the molecule is COC(=O)C(NC(=O)CN1CN(C)c2ccccc21)C(C)C. The minimum atomic E-state index is -0.618. The van der Waals surface area contributed by atoms with E-state index >= 15 is 0 Å². The summed E-state index contributed by atoms with van der Waals surface area (Å²) in [7, 11) is 3.32. The van der Waals surface area contributed by atoms with Crippen LogP contribution in [-0.2, 0) is 14.3 Å². The molecule has 120 valence electrons. The van der Waals surface area contributed by atoms with Crippen molar-refractivity contribution in [1.82, 2.24) is 5.32 Å². The summed E-state index contributed by atoms with van der Waals surface area (Å²) in [4.78, 5) is 28.1. The summed E-state index contributed by atoms with van der Waals surface area (Å²) in [6.07, 6.45) is 0. The number of fused-ring (bicyclic) bond motifs is 1. The number of ether oxygens (including phenoxy) is 1. The third-order valence-electron chi connectivity index (χ3n) is 3.79. The smallest absolute Gasteiger partial charge is 0.328 e. The molecule has 0 spiro atoms. The number of hydrogen-bond donors (Lipinski definition) is 1. The summed E-state index contributed by atoms with van der Waals surface area (Å²) >= 11 is 0. The quantitative estimate of drug-likeness (QED) is 0.829. The highest BCUT2D eigenvalue weighted by Crippen LogP contribution is 2.33. The number of nitrogens with zero attached hydrogens (tertiary/aromatic N) is 2. The molecule has 2 rings (SSSR count). The minimum Gasteiger partial charge on any atom is -0.467 e. The first-order chi connectivity index (χ1) is 10.4. The first kappa shape index (κ1) is 16.1. The Kier molecular flexibility index (Phi) is 4.90. The number of amides is 1. The lowest BCUT2D eigenvalue weighted by Gasteiger charge is -2.23. The molecule has 1 aromatic rings. The highest BCUT2D eigenvalue weighted by molar-refractivity contribution is 5.89. The van der Waals surface area contributed by atoms with Gasteiger partial charge in [0.2, 0.25) is 5.91 Å². The summed E-state index contributed by atoms with van der Waals surface area (Å²) in [6.45, 7) is 4.61. The molecule has 1 aliphatic rings. The first-order valence-electron chi connectivity index (χ1n) is 7.36. The average molecular weight is 305 g/mol. The number of carbonyl (C=O) groups excluding carboxylic acids is 2.